The number of hydrogen-bond donors (Lipinski definition) is 1. The smallest absolute Gasteiger partial charge is 0.304 e. The van der Waals surface area contributed by atoms with Crippen LogP contribution >= 0.6 is 0 Å². The highest BCUT2D eigenvalue weighted by molar-refractivity contribution is 5.76. The Balaban J connectivity index is 1.33. The van der Waals surface area contributed by atoms with Crippen LogP contribution in [0.1, 0.15) is 59.5 Å². The minimum absolute atomic E-state index is 0.0142. The van der Waals surface area contributed by atoms with Crippen molar-refractivity contribution >= 4 is 11.5 Å². The largest absolute Gasteiger partial charge is 0.492 e. The van der Waals surface area contributed by atoms with Gasteiger partial charge in [0.2, 0.25) is 0 Å². The zero-order valence-corrected chi connectivity index (χ0v) is 23.0. The molecule has 2 heterocycles. The molecule has 206 valence electrons. The molecule has 0 saturated carbocycles. The predicted molar refractivity (Wildman–Crippen MR) is 153 cm³/mol. The molecule has 6 nitrogen and oxygen atoms in total. The molecule has 1 aliphatic heterocycles. The number of carboxylic acids is 1. The Labute approximate surface area is 233 Å². The van der Waals surface area contributed by atoms with Crippen LogP contribution in [-0.2, 0) is 4.79 Å². The van der Waals surface area contributed by atoms with Crippen LogP contribution in [0.4, 0.5) is 4.39 Å². The van der Waals surface area contributed by atoms with Gasteiger partial charge >= 0.3 is 5.97 Å². The average molecular weight is 541 g/mol. The number of aryl methyl sites for hydroxylation is 3. The molecule has 1 aromatic heterocycles. The van der Waals surface area contributed by atoms with E-state index in [1.54, 1.807) is 18.3 Å². The van der Waals surface area contributed by atoms with Crippen LogP contribution in [0.5, 0.6) is 11.5 Å². The lowest BCUT2D eigenvalue weighted by molar-refractivity contribution is -0.137. The third kappa shape index (κ3) is 5.83. The molecule has 0 amide bonds. The second-order valence-electron chi connectivity index (χ2n) is 10.6. The van der Waals surface area contributed by atoms with E-state index in [2.05, 4.69) is 42.8 Å². The molecule has 0 spiro atoms. The monoisotopic (exact) mass is 540 g/mol. The van der Waals surface area contributed by atoms with Gasteiger partial charge in [0.25, 0.3) is 0 Å². The quantitative estimate of drug-likeness (QED) is 0.350. The first-order valence-corrected chi connectivity index (χ1v) is 13.5. The lowest BCUT2D eigenvalue weighted by Gasteiger charge is -2.21. The Bertz CT molecular complexity index is 1520. The maximum Gasteiger partial charge on any atom is 0.304 e. The summed E-state index contributed by atoms with van der Waals surface area (Å²) in [6.45, 7) is 10.4. The minimum atomic E-state index is -0.860. The second-order valence-corrected chi connectivity index (χ2v) is 10.6. The summed E-state index contributed by atoms with van der Waals surface area (Å²) in [5.74, 6) is -0.290. The molecule has 2 atom stereocenters. The van der Waals surface area contributed by atoms with Crippen LogP contribution in [0.3, 0.4) is 0 Å². The summed E-state index contributed by atoms with van der Waals surface area (Å²) in [7, 11) is 0. The Morgan fingerprint density at radius 2 is 1.90 bits per heavy atom. The summed E-state index contributed by atoms with van der Waals surface area (Å²) < 4.78 is 27.2. The van der Waals surface area contributed by atoms with E-state index in [0.717, 1.165) is 57.5 Å². The normalized spacial score (nSPS) is 21.6. The number of halogens is 1. The molecule has 1 aliphatic carbocycles. The zero-order valence-electron chi connectivity index (χ0n) is 23.0. The molecule has 7 heteroatoms. The fourth-order valence-electron chi connectivity index (χ4n) is 5.65. The van der Waals surface area contributed by atoms with Crippen molar-refractivity contribution in [2.45, 2.75) is 58.5 Å². The Morgan fingerprint density at radius 1 is 1.12 bits per heavy atom. The molecule has 0 radical (unpaired) electrons. The lowest BCUT2D eigenvalue weighted by Crippen LogP contribution is -2.19. The van der Waals surface area contributed by atoms with E-state index in [1.165, 1.54) is 6.08 Å². The van der Waals surface area contributed by atoms with Crippen molar-refractivity contribution < 1.29 is 23.8 Å². The molecule has 2 aromatic carbocycles. The Morgan fingerprint density at radius 3 is 2.62 bits per heavy atom. The van der Waals surface area contributed by atoms with E-state index in [-0.39, 0.29) is 12.3 Å². The zero-order chi connectivity index (χ0) is 28.4. The van der Waals surface area contributed by atoms with Gasteiger partial charge in [0, 0.05) is 28.7 Å². The third-order valence-electron chi connectivity index (χ3n) is 7.57. The average Bonchev–Trinajstić information content (AvgIpc) is 3.32. The third-order valence-corrected chi connectivity index (χ3v) is 7.57. The first kappa shape index (κ1) is 27.3. The summed E-state index contributed by atoms with van der Waals surface area (Å²) in [6, 6.07) is 11.7. The predicted octanol–water partition coefficient (Wildman–Crippen LogP) is 7.44. The molecule has 3 aromatic rings. The van der Waals surface area contributed by atoms with Gasteiger partial charge < -0.3 is 14.6 Å². The molecule has 0 fully saturated rings. The van der Waals surface area contributed by atoms with Crippen LogP contribution < -0.4 is 9.47 Å². The topological polar surface area (TPSA) is 81.5 Å². The first-order valence-electron chi connectivity index (χ1n) is 13.5. The highest BCUT2D eigenvalue weighted by atomic mass is 19.1. The second kappa shape index (κ2) is 11.5. The maximum atomic E-state index is 15.3. The summed E-state index contributed by atoms with van der Waals surface area (Å²) >= 11 is 0. The lowest BCUT2D eigenvalue weighted by atomic mass is 9.89. The Kier molecular flexibility index (Phi) is 7.83. The number of carbonyl (C=O) groups is 1. The number of aromatic nitrogens is 2. The van der Waals surface area contributed by atoms with Crippen molar-refractivity contribution in [3.8, 4) is 22.6 Å². The molecule has 40 heavy (non-hydrogen) atoms. The van der Waals surface area contributed by atoms with Gasteiger partial charge in [-0.2, -0.15) is 10.2 Å². The number of carboxylic acid groups (broad SMARTS) is 1. The van der Waals surface area contributed by atoms with E-state index in [4.69, 9.17) is 14.6 Å². The number of ether oxygens (including phenoxy) is 2. The van der Waals surface area contributed by atoms with Gasteiger partial charge in [-0.25, -0.2) is 4.39 Å². The van der Waals surface area contributed by atoms with E-state index >= 15 is 4.39 Å². The van der Waals surface area contributed by atoms with Crippen molar-refractivity contribution in [2.24, 2.45) is 0 Å². The van der Waals surface area contributed by atoms with Crippen LogP contribution in [-0.4, -0.2) is 34.0 Å². The highest BCUT2D eigenvalue weighted by Gasteiger charge is 2.28. The van der Waals surface area contributed by atoms with E-state index < -0.39 is 17.9 Å². The number of rotatable bonds is 6. The summed E-state index contributed by atoms with van der Waals surface area (Å²) in [5.41, 5.74) is 8.56. The summed E-state index contributed by atoms with van der Waals surface area (Å²) in [5, 5.41) is 17.3. The summed E-state index contributed by atoms with van der Waals surface area (Å²) in [6.07, 6.45) is 6.74. The molecular formula is C33H33FN2O4. The van der Waals surface area contributed by atoms with Crippen LogP contribution in [0.15, 0.2) is 72.7 Å². The number of benzene rings is 2. The van der Waals surface area contributed by atoms with Gasteiger partial charge in [0.15, 0.2) is 0 Å². The first-order chi connectivity index (χ1) is 19.2. The van der Waals surface area contributed by atoms with Gasteiger partial charge in [-0.1, -0.05) is 30.9 Å². The van der Waals surface area contributed by atoms with Gasteiger partial charge in [-0.05, 0) is 86.1 Å². The van der Waals surface area contributed by atoms with E-state index in [0.29, 0.717) is 30.1 Å². The van der Waals surface area contributed by atoms with Crippen molar-refractivity contribution in [3.05, 3.63) is 101 Å². The Hall–Kier alpha value is -4.26. The summed E-state index contributed by atoms with van der Waals surface area (Å²) in [4.78, 5) is 11.1. The van der Waals surface area contributed by atoms with Gasteiger partial charge in [0.05, 0.1) is 24.9 Å². The minimum Gasteiger partial charge on any atom is -0.492 e. The van der Waals surface area contributed by atoms with Crippen LogP contribution in [0.2, 0.25) is 0 Å². The SMILES string of the molecule is C=C1/C(F)=C\C=C(\c2c(C)cc(-c3cnnc(C)c3)cc2C)CCC[C@H]1Oc1ccc2c(c1)OC[C@H]2CC(=O)O. The van der Waals surface area contributed by atoms with Gasteiger partial charge in [-0.15, -0.1) is 0 Å². The maximum absolute atomic E-state index is 15.3. The van der Waals surface area contributed by atoms with Crippen molar-refractivity contribution in [2.75, 3.05) is 6.61 Å². The van der Waals surface area contributed by atoms with E-state index in [9.17, 15) is 4.79 Å². The standard InChI is InChI=1S/C33H33FN2O4/c1-19-12-24(25-14-21(3)36-35-17-25)13-20(2)33(19)23-6-5-7-30(22(4)29(34)11-8-23)40-27-9-10-28-26(15-32(37)38)18-39-31(28)16-27/h8-14,16-17,26,30H,4-7,15,18H2,1-3H3,(H,37,38)/b23-8+,29-11+/t26-,30-/m1/s1. The molecule has 0 saturated heterocycles. The number of aliphatic carboxylic acids is 1. The molecule has 2 aliphatic rings. The van der Waals surface area contributed by atoms with Crippen LogP contribution in [0, 0.1) is 20.8 Å². The molecule has 5 rings (SSSR count). The number of nitrogens with zero attached hydrogens (tertiary/aromatic N) is 2. The molecule has 0 unspecified atom stereocenters. The number of fused-ring (bicyclic) bond motifs is 1. The number of allylic oxidation sites excluding steroid dienone is 3. The van der Waals surface area contributed by atoms with E-state index in [1.807, 2.05) is 25.1 Å². The van der Waals surface area contributed by atoms with Crippen LogP contribution in [0.25, 0.3) is 16.7 Å². The van der Waals surface area contributed by atoms with Gasteiger partial charge in [0.1, 0.15) is 23.4 Å². The fourth-order valence-corrected chi connectivity index (χ4v) is 5.65. The van der Waals surface area contributed by atoms with Crippen molar-refractivity contribution in [1.82, 2.24) is 10.2 Å². The fraction of sp³-hybridized carbons (Fsp3) is 0.303. The molecular weight excluding hydrogens is 507 g/mol. The highest BCUT2D eigenvalue weighted by Crippen LogP contribution is 2.40. The number of hydrogen-bond acceptors (Lipinski definition) is 5. The van der Waals surface area contributed by atoms with Gasteiger partial charge in [-0.3, -0.25) is 4.79 Å². The van der Waals surface area contributed by atoms with Crippen molar-refractivity contribution in [1.29, 1.82) is 0 Å². The van der Waals surface area contributed by atoms with Crippen molar-refractivity contribution in [3.63, 3.8) is 0 Å². The molecule has 0 bridgehead atoms. The molecule has 1 N–H and O–H groups in total.